The monoisotopic (exact) mass is 733 g/mol. The van der Waals surface area contributed by atoms with E-state index in [1.165, 1.54) is 10.4 Å². The second-order valence-electron chi connectivity index (χ2n) is 13.0. The third kappa shape index (κ3) is 8.35. The van der Waals surface area contributed by atoms with E-state index in [9.17, 15) is 13.2 Å². The molecule has 1 amide bonds. The normalized spacial score (nSPS) is 13.9. The van der Waals surface area contributed by atoms with E-state index in [2.05, 4.69) is 4.90 Å². The summed E-state index contributed by atoms with van der Waals surface area (Å²) in [5.74, 6) is 1.21. The first-order chi connectivity index (χ1) is 23.9. The minimum atomic E-state index is -4.02. The first-order valence-corrected chi connectivity index (χ1v) is 18.9. The van der Waals surface area contributed by atoms with Gasteiger partial charge >= 0.3 is 6.09 Å². The number of methoxy groups -OCH3 is 1. The van der Waals surface area contributed by atoms with Crippen LogP contribution in [-0.4, -0.2) is 62.6 Å². The van der Waals surface area contributed by atoms with Gasteiger partial charge in [-0.05, 0) is 73.0 Å². The Balaban J connectivity index is 1.21. The van der Waals surface area contributed by atoms with Gasteiger partial charge in [0.2, 0.25) is 5.06 Å². The summed E-state index contributed by atoms with van der Waals surface area (Å²) in [6, 6.07) is 30.3. The molecule has 0 unspecified atom stereocenters. The molecule has 5 aromatic rings. The lowest BCUT2D eigenvalue weighted by Crippen LogP contribution is -2.50. The molecule has 0 bridgehead atoms. The molecular formula is C38H40ClN3O6S2. The molecule has 9 nitrogen and oxygen atoms in total. The molecular weight excluding hydrogens is 694 g/mol. The Labute approximate surface area is 302 Å². The van der Waals surface area contributed by atoms with Gasteiger partial charge in [0.1, 0.15) is 21.3 Å². The van der Waals surface area contributed by atoms with Gasteiger partial charge < -0.3 is 24.0 Å². The molecule has 0 aliphatic carbocycles. The van der Waals surface area contributed by atoms with Crippen LogP contribution in [0, 0.1) is 0 Å². The summed E-state index contributed by atoms with van der Waals surface area (Å²) in [6.45, 7) is 8.20. The number of rotatable bonds is 10. The molecule has 1 fully saturated rings. The van der Waals surface area contributed by atoms with Gasteiger partial charge in [0.25, 0.3) is 10.0 Å². The zero-order valence-corrected chi connectivity index (χ0v) is 30.9. The van der Waals surface area contributed by atoms with Crippen molar-refractivity contribution in [1.29, 1.82) is 0 Å². The van der Waals surface area contributed by atoms with Crippen molar-refractivity contribution in [3.63, 3.8) is 0 Å². The number of halogens is 1. The second-order valence-corrected chi connectivity index (χ2v) is 16.6. The fourth-order valence-corrected chi connectivity index (χ4v) is 8.92. The Kier molecular flexibility index (Phi) is 10.6. The molecule has 0 N–H and O–H groups in total. The number of nitrogens with zero attached hydrogens (tertiary/aromatic N) is 3. The lowest BCUT2D eigenvalue weighted by atomic mass is 10.0. The maximum Gasteiger partial charge on any atom is 0.410 e. The third-order valence-corrected chi connectivity index (χ3v) is 11.9. The van der Waals surface area contributed by atoms with Crippen molar-refractivity contribution in [2.45, 2.75) is 43.7 Å². The summed E-state index contributed by atoms with van der Waals surface area (Å²) < 4.78 is 47.4. The summed E-state index contributed by atoms with van der Waals surface area (Å²) >= 11 is 7.64. The van der Waals surface area contributed by atoms with Crippen LogP contribution in [0.15, 0.2) is 101 Å². The summed E-state index contributed by atoms with van der Waals surface area (Å²) in [5.41, 5.74) is 2.08. The lowest BCUT2D eigenvalue weighted by Gasteiger charge is -2.36. The van der Waals surface area contributed by atoms with Crippen LogP contribution >= 0.6 is 22.9 Å². The van der Waals surface area contributed by atoms with Crippen LogP contribution in [0.25, 0.3) is 10.8 Å². The van der Waals surface area contributed by atoms with Crippen molar-refractivity contribution in [3.8, 4) is 16.6 Å². The van der Waals surface area contributed by atoms with Crippen molar-refractivity contribution >= 4 is 55.5 Å². The predicted octanol–water partition coefficient (Wildman–Crippen LogP) is 8.80. The number of fused-ring (bicyclic) bond motifs is 1. The Morgan fingerprint density at radius 2 is 1.56 bits per heavy atom. The third-order valence-electron chi connectivity index (χ3n) is 8.30. The number of hydrogen-bond acceptors (Lipinski definition) is 8. The molecule has 0 saturated carbocycles. The fraction of sp³-hybridized carbons (Fsp3) is 0.289. The van der Waals surface area contributed by atoms with Gasteiger partial charge in [-0.3, -0.25) is 0 Å². The van der Waals surface area contributed by atoms with Crippen molar-refractivity contribution in [1.82, 2.24) is 9.21 Å². The molecule has 2 heterocycles. The maximum absolute atomic E-state index is 14.4. The number of carbonyl (C=O) groups is 1. The highest BCUT2D eigenvalue weighted by Crippen LogP contribution is 2.42. The van der Waals surface area contributed by atoms with E-state index in [1.54, 1.807) is 18.1 Å². The topological polar surface area (TPSA) is 88.6 Å². The van der Waals surface area contributed by atoms with E-state index in [0.717, 1.165) is 38.9 Å². The van der Waals surface area contributed by atoms with Crippen molar-refractivity contribution in [2.75, 3.05) is 38.2 Å². The molecule has 1 aliphatic heterocycles. The average Bonchev–Trinajstić information content (AvgIpc) is 3.48. The number of anilines is 1. The van der Waals surface area contributed by atoms with Crippen molar-refractivity contribution in [2.24, 2.45) is 0 Å². The second kappa shape index (κ2) is 14.9. The summed E-state index contributed by atoms with van der Waals surface area (Å²) in [4.78, 5) is 16.4. The molecule has 0 atom stereocenters. The Morgan fingerprint density at radius 1 is 0.860 bits per heavy atom. The molecule has 0 radical (unpaired) electrons. The van der Waals surface area contributed by atoms with Crippen LogP contribution in [-0.2, 0) is 27.8 Å². The first kappa shape index (κ1) is 35.5. The molecule has 1 aromatic heterocycles. The molecule has 6 rings (SSSR count). The van der Waals surface area contributed by atoms with E-state index >= 15 is 0 Å². The Hall–Kier alpha value is -4.29. The predicted molar refractivity (Wildman–Crippen MR) is 199 cm³/mol. The van der Waals surface area contributed by atoms with Crippen LogP contribution in [0.5, 0.6) is 16.6 Å². The standard InChI is InChI=1S/C38H40ClN3O6S2/c1-38(2,3)48-37(43)41-21-19-40(20-22-41)30-12-8-13-32(23-30)47-36-34(39)24-35(49-36)50(44,45)42(25-27-15-17-31(46-4)18-16-27)26-29-11-7-10-28-9-5-6-14-33(28)29/h5-18,23-24H,19-22,25-26H2,1-4H3. The fourth-order valence-electron chi connectivity index (χ4n) is 5.76. The van der Waals surface area contributed by atoms with Gasteiger partial charge in [0.05, 0.1) is 12.1 Å². The highest BCUT2D eigenvalue weighted by atomic mass is 35.5. The van der Waals surface area contributed by atoms with Gasteiger partial charge in [-0.25, -0.2) is 13.2 Å². The molecule has 12 heteroatoms. The number of ether oxygens (including phenoxy) is 3. The van der Waals surface area contributed by atoms with Gasteiger partial charge in [0.15, 0.2) is 0 Å². The number of benzene rings is 4. The van der Waals surface area contributed by atoms with Gasteiger partial charge in [-0.2, -0.15) is 4.31 Å². The SMILES string of the molecule is COc1ccc(CN(Cc2cccc3ccccc23)S(=O)(=O)c2cc(Cl)c(Oc3cccc(N4CCN(C(=O)OC(C)(C)C)CC4)c3)s2)cc1. The van der Waals surface area contributed by atoms with E-state index in [4.69, 9.17) is 25.8 Å². The van der Waals surface area contributed by atoms with E-state index in [1.807, 2.05) is 106 Å². The number of thiophene rings is 1. The molecule has 262 valence electrons. The van der Waals surface area contributed by atoms with E-state index in [0.29, 0.717) is 37.7 Å². The minimum Gasteiger partial charge on any atom is -0.497 e. The lowest BCUT2D eigenvalue weighted by molar-refractivity contribution is 0.0240. The average molecular weight is 734 g/mol. The highest BCUT2D eigenvalue weighted by Gasteiger charge is 2.30. The van der Waals surface area contributed by atoms with Gasteiger partial charge in [-0.15, -0.1) is 0 Å². The molecule has 1 aliphatic rings. The number of sulfonamides is 1. The van der Waals surface area contributed by atoms with Crippen LogP contribution in [0.1, 0.15) is 31.9 Å². The van der Waals surface area contributed by atoms with Crippen LogP contribution in [0.3, 0.4) is 0 Å². The summed E-state index contributed by atoms with van der Waals surface area (Å²) in [6.07, 6.45) is -0.313. The van der Waals surface area contributed by atoms with Crippen LogP contribution in [0.2, 0.25) is 5.02 Å². The zero-order valence-electron chi connectivity index (χ0n) is 28.5. The maximum atomic E-state index is 14.4. The molecule has 50 heavy (non-hydrogen) atoms. The van der Waals surface area contributed by atoms with Crippen LogP contribution < -0.4 is 14.4 Å². The Bertz CT molecular complexity index is 2070. The number of carbonyl (C=O) groups excluding carboxylic acids is 1. The first-order valence-electron chi connectivity index (χ1n) is 16.3. The van der Waals surface area contributed by atoms with Crippen LogP contribution in [0.4, 0.5) is 10.5 Å². The highest BCUT2D eigenvalue weighted by molar-refractivity contribution is 7.91. The molecule has 0 spiro atoms. The summed E-state index contributed by atoms with van der Waals surface area (Å²) in [5, 5.41) is 2.52. The molecule has 4 aromatic carbocycles. The largest absolute Gasteiger partial charge is 0.497 e. The molecule has 1 saturated heterocycles. The van der Waals surface area contributed by atoms with Gasteiger partial charge in [-0.1, -0.05) is 83.6 Å². The van der Waals surface area contributed by atoms with Crippen molar-refractivity contribution < 1.29 is 27.4 Å². The smallest absolute Gasteiger partial charge is 0.410 e. The van der Waals surface area contributed by atoms with Gasteiger partial charge in [0, 0.05) is 51.0 Å². The van der Waals surface area contributed by atoms with E-state index < -0.39 is 15.6 Å². The number of amides is 1. The van der Waals surface area contributed by atoms with E-state index in [-0.39, 0.29) is 33.5 Å². The quantitative estimate of drug-likeness (QED) is 0.142. The summed E-state index contributed by atoms with van der Waals surface area (Å²) in [7, 11) is -2.42. The number of piperazine rings is 1. The zero-order chi connectivity index (χ0) is 35.5. The number of hydrogen-bond donors (Lipinski definition) is 0. The minimum absolute atomic E-state index is 0.0840. The Morgan fingerprint density at radius 3 is 2.28 bits per heavy atom. The van der Waals surface area contributed by atoms with Crippen molar-refractivity contribution in [3.05, 3.63) is 113 Å².